The third-order valence-corrected chi connectivity index (χ3v) is 7.07. The van der Waals surface area contributed by atoms with Crippen LogP contribution in [0.1, 0.15) is 61.4 Å². The number of anilines is 1. The summed E-state index contributed by atoms with van der Waals surface area (Å²) in [7, 11) is 0. The Morgan fingerprint density at radius 2 is 2.00 bits per heavy atom. The number of rotatable bonds is 8. The molecule has 2 aromatic heterocycles. The number of amides is 2. The van der Waals surface area contributed by atoms with Crippen LogP contribution in [0.25, 0.3) is 0 Å². The number of aromatic nitrogens is 3. The number of carboxylic acid groups (broad SMARTS) is 1. The molecule has 1 atom stereocenters. The van der Waals surface area contributed by atoms with Crippen LogP contribution < -0.4 is 5.32 Å². The van der Waals surface area contributed by atoms with Crippen LogP contribution in [0.2, 0.25) is 0 Å². The van der Waals surface area contributed by atoms with Gasteiger partial charge in [0.05, 0.1) is 12.5 Å². The van der Waals surface area contributed by atoms with Crippen molar-refractivity contribution in [2.75, 3.05) is 25.0 Å². The molecule has 1 saturated carbocycles. The molecule has 5 rings (SSSR count). The van der Waals surface area contributed by atoms with Gasteiger partial charge in [0.2, 0.25) is 0 Å². The van der Waals surface area contributed by atoms with Crippen molar-refractivity contribution in [3.63, 3.8) is 0 Å². The van der Waals surface area contributed by atoms with Crippen molar-refractivity contribution in [1.82, 2.24) is 24.8 Å². The lowest BCUT2D eigenvalue weighted by atomic mass is 10.1. The second-order valence-electron chi connectivity index (χ2n) is 9.42. The smallest absolute Gasteiger partial charge is 0.320 e. The summed E-state index contributed by atoms with van der Waals surface area (Å²) < 4.78 is 0. The molecule has 33 heavy (non-hydrogen) atoms. The molecule has 2 aromatic rings. The fraction of sp³-hybridized carbons (Fsp3) is 0.542. The van der Waals surface area contributed by atoms with Crippen LogP contribution in [0, 0.1) is 0 Å². The van der Waals surface area contributed by atoms with Crippen LogP contribution >= 0.6 is 0 Å². The minimum atomic E-state index is -0.953. The molecule has 1 unspecified atom stereocenters. The molecule has 9 nitrogen and oxygen atoms in total. The minimum absolute atomic E-state index is 0.127. The fourth-order valence-corrected chi connectivity index (χ4v) is 5.04. The number of carbonyl (C=O) groups excluding carboxylic acids is 1. The van der Waals surface area contributed by atoms with Gasteiger partial charge >= 0.3 is 12.0 Å². The number of pyridine rings is 1. The summed E-state index contributed by atoms with van der Waals surface area (Å²) in [6.45, 7) is 1.70. The lowest BCUT2D eigenvalue weighted by Crippen LogP contribution is -2.36. The van der Waals surface area contributed by atoms with Crippen molar-refractivity contribution in [3.05, 3.63) is 47.7 Å². The first kappa shape index (κ1) is 21.6. The maximum absolute atomic E-state index is 13.0. The Morgan fingerprint density at radius 3 is 2.76 bits per heavy atom. The summed E-state index contributed by atoms with van der Waals surface area (Å²) in [5.74, 6) is 0.0958. The largest absolute Gasteiger partial charge is 0.481 e. The molecule has 2 N–H and O–H groups in total. The summed E-state index contributed by atoms with van der Waals surface area (Å²) in [4.78, 5) is 40.8. The molecular formula is C24H30N6O3. The molecule has 1 aliphatic carbocycles. The van der Waals surface area contributed by atoms with Crippen LogP contribution in [0.5, 0.6) is 0 Å². The molecule has 3 aliphatic rings. The zero-order valence-electron chi connectivity index (χ0n) is 18.7. The minimum Gasteiger partial charge on any atom is -0.481 e. The van der Waals surface area contributed by atoms with E-state index in [-0.39, 0.29) is 12.5 Å². The van der Waals surface area contributed by atoms with E-state index in [1.165, 1.54) is 37.6 Å². The van der Waals surface area contributed by atoms with Gasteiger partial charge in [0.15, 0.2) is 0 Å². The highest BCUT2D eigenvalue weighted by Gasteiger charge is 2.43. The van der Waals surface area contributed by atoms with Crippen LogP contribution in [-0.4, -0.2) is 67.0 Å². The molecule has 1 saturated heterocycles. The van der Waals surface area contributed by atoms with E-state index in [2.05, 4.69) is 27.4 Å². The van der Waals surface area contributed by atoms with Crippen LogP contribution in [-0.2, 0) is 17.6 Å². The van der Waals surface area contributed by atoms with E-state index in [0.717, 1.165) is 30.8 Å². The van der Waals surface area contributed by atoms with E-state index in [1.54, 1.807) is 22.2 Å². The standard InChI is InChI=1S/C24H30N6O3/c31-21(32)13-20(18-14-25-16-26-15-18)30-12-11-29(23(30)33)10-2-4-19-6-5-17-3-1-7-24(8-9-24)28-22(17)27-19/h5-6,14-16,20H,1-4,7-13H2,(H,27,28)(H,31,32). The first-order valence-corrected chi connectivity index (χ1v) is 11.8. The Morgan fingerprint density at radius 1 is 1.18 bits per heavy atom. The highest BCUT2D eigenvalue weighted by molar-refractivity contribution is 5.78. The zero-order valence-corrected chi connectivity index (χ0v) is 18.7. The van der Waals surface area contributed by atoms with Gasteiger partial charge < -0.3 is 20.2 Å². The van der Waals surface area contributed by atoms with Crippen molar-refractivity contribution in [1.29, 1.82) is 0 Å². The van der Waals surface area contributed by atoms with Crippen LogP contribution in [0.4, 0.5) is 10.6 Å². The van der Waals surface area contributed by atoms with Gasteiger partial charge in [0.1, 0.15) is 12.1 Å². The molecule has 2 amide bonds. The molecule has 0 aromatic carbocycles. The van der Waals surface area contributed by atoms with E-state index < -0.39 is 12.0 Å². The number of aryl methyl sites for hydroxylation is 2. The number of carboxylic acids is 1. The Balaban J connectivity index is 1.19. The second kappa shape index (κ2) is 8.96. The van der Waals surface area contributed by atoms with Crippen LogP contribution in [0.3, 0.4) is 0 Å². The number of nitrogens with zero attached hydrogens (tertiary/aromatic N) is 5. The molecule has 0 radical (unpaired) electrons. The SMILES string of the molecule is O=C(O)CC(c1cncnc1)N1CCN(CCCc2ccc3c(n2)NC2(CCC3)CC2)C1=O. The van der Waals surface area contributed by atoms with E-state index in [9.17, 15) is 14.7 Å². The van der Waals surface area contributed by atoms with E-state index >= 15 is 0 Å². The molecule has 4 heterocycles. The number of hydrogen-bond donors (Lipinski definition) is 2. The van der Waals surface area contributed by atoms with Crippen molar-refractivity contribution in [2.24, 2.45) is 0 Å². The molecule has 0 bridgehead atoms. The maximum atomic E-state index is 13.0. The Kier molecular flexibility index (Phi) is 5.86. The summed E-state index contributed by atoms with van der Waals surface area (Å²) >= 11 is 0. The Labute approximate surface area is 193 Å². The number of urea groups is 1. The number of hydrogen-bond acceptors (Lipinski definition) is 6. The van der Waals surface area contributed by atoms with E-state index in [0.29, 0.717) is 30.7 Å². The monoisotopic (exact) mass is 450 g/mol. The quantitative estimate of drug-likeness (QED) is 0.636. The van der Waals surface area contributed by atoms with Crippen molar-refractivity contribution >= 4 is 17.8 Å². The molecule has 9 heteroatoms. The molecule has 174 valence electrons. The zero-order chi connectivity index (χ0) is 22.8. The lowest BCUT2D eigenvalue weighted by Gasteiger charge is -2.26. The third kappa shape index (κ3) is 4.77. The normalized spacial score (nSPS) is 19.7. The number of carbonyl (C=O) groups is 2. The predicted octanol–water partition coefficient (Wildman–Crippen LogP) is 3.04. The second-order valence-corrected chi connectivity index (χ2v) is 9.42. The number of nitrogens with one attached hydrogen (secondary N) is 1. The van der Waals surface area contributed by atoms with Gasteiger partial charge in [0.25, 0.3) is 0 Å². The van der Waals surface area contributed by atoms with Crippen LogP contribution in [0.15, 0.2) is 30.9 Å². The Hall–Kier alpha value is -3.23. The lowest BCUT2D eigenvalue weighted by molar-refractivity contribution is -0.138. The van der Waals surface area contributed by atoms with Crippen molar-refractivity contribution < 1.29 is 14.7 Å². The van der Waals surface area contributed by atoms with E-state index in [1.807, 2.05) is 0 Å². The van der Waals surface area contributed by atoms with Gasteiger partial charge in [0, 0.05) is 48.8 Å². The number of fused-ring (bicyclic) bond motifs is 1. The highest BCUT2D eigenvalue weighted by Crippen LogP contribution is 2.45. The maximum Gasteiger partial charge on any atom is 0.320 e. The fourth-order valence-electron chi connectivity index (χ4n) is 5.04. The van der Waals surface area contributed by atoms with Gasteiger partial charge in [-0.3, -0.25) is 4.79 Å². The van der Waals surface area contributed by atoms with Crippen molar-refractivity contribution in [2.45, 2.75) is 62.9 Å². The summed E-state index contributed by atoms with van der Waals surface area (Å²) in [6.07, 6.45) is 12.0. The number of aliphatic carboxylic acids is 1. The highest BCUT2D eigenvalue weighted by atomic mass is 16.4. The van der Waals surface area contributed by atoms with Gasteiger partial charge in [-0.2, -0.15) is 0 Å². The molecule has 1 spiro atoms. The first-order valence-electron chi connectivity index (χ1n) is 11.8. The van der Waals surface area contributed by atoms with Crippen molar-refractivity contribution in [3.8, 4) is 0 Å². The topological polar surface area (TPSA) is 112 Å². The first-order chi connectivity index (χ1) is 16.0. The molecule has 2 aliphatic heterocycles. The van der Waals surface area contributed by atoms with Gasteiger partial charge in [-0.15, -0.1) is 0 Å². The average Bonchev–Trinajstić information content (AvgIpc) is 3.52. The summed E-state index contributed by atoms with van der Waals surface area (Å²) in [5, 5.41) is 13.1. The molecule has 2 fully saturated rings. The predicted molar refractivity (Wildman–Crippen MR) is 122 cm³/mol. The van der Waals surface area contributed by atoms with Gasteiger partial charge in [-0.1, -0.05) is 6.07 Å². The Bertz CT molecular complexity index is 1030. The van der Waals surface area contributed by atoms with Gasteiger partial charge in [-0.05, 0) is 56.6 Å². The third-order valence-electron chi connectivity index (χ3n) is 7.07. The average molecular weight is 451 g/mol. The van der Waals surface area contributed by atoms with E-state index in [4.69, 9.17) is 4.98 Å². The molecular weight excluding hydrogens is 420 g/mol. The van der Waals surface area contributed by atoms with Gasteiger partial charge in [-0.25, -0.2) is 19.7 Å². The summed E-state index contributed by atoms with van der Waals surface area (Å²) in [6, 6.07) is 3.63. The summed E-state index contributed by atoms with van der Waals surface area (Å²) in [5.41, 5.74) is 3.29.